The van der Waals surface area contributed by atoms with E-state index in [1.54, 1.807) is 0 Å². The van der Waals surface area contributed by atoms with Crippen molar-refractivity contribution >= 4 is 137 Å². The molecule has 0 unspecified atom stereocenters. The number of hydrogen-bond donors (Lipinski definition) is 0. The summed E-state index contributed by atoms with van der Waals surface area (Å²) in [6.45, 7) is 8.30. The summed E-state index contributed by atoms with van der Waals surface area (Å²) < 4.78 is 13.4. The van der Waals surface area contributed by atoms with Crippen LogP contribution in [-0.2, 0) is 9.31 Å². The fourth-order valence-electron chi connectivity index (χ4n) is 13.3. The first kappa shape index (κ1) is 60.3. The summed E-state index contributed by atoms with van der Waals surface area (Å²) in [5.41, 5.74) is 16.3. The second kappa shape index (κ2) is 24.7. The molecule has 6 aromatic heterocycles. The number of hydrogen-bond acceptors (Lipinski definition) is 8. The molecule has 0 bridgehead atoms. The van der Waals surface area contributed by atoms with Crippen molar-refractivity contribution in [3.63, 3.8) is 0 Å². The van der Waals surface area contributed by atoms with Gasteiger partial charge in [0.2, 0.25) is 0 Å². The van der Waals surface area contributed by atoms with Crippen LogP contribution in [0.4, 0.5) is 0 Å². The van der Waals surface area contributed by atoms with Crippen LogP contribution in [0, 0.1) is 0 Å². The van der Waals surface area contributed by atoms with E-state index in [1.165, 1.54) is 37.7 Å². The summed E-state index contributed by atoms with van der Waals surface area (Å²) in [7, 11) is -0.357. The lowest BCUT2D eigenvalue weighted by atomic mass is 9.78. The Balaban J connectivity index is 0.000000116. The van der Waals surface area contributed by atoms with Crippen molar-refractivity contribution < 1.29 is 9.31 Å². The number of fused-ring (bicyclic) bond motifs is 12. The Morgan fingerprint density at radius 3 is 1.05 bits per heavy atom. The Morgan fingerprint density at radius 1 is 0.255 bits per heavy atom. The smallest absolute Gasteiger partial charge is 0.399 e. The highest BCUT2D eigenvalue weighted by Crippen LogP contribution is 2.38. The van der Waals surface area contributed by atoms with Crippen LogP contribution >= 0.6 is 15.9 Å². The topological polar surface area (TPSA) is 95.8 Å². The number of benzene rings is 12. The minimum Gasteiger partial charge on any atom is -0.399 e. The van der Waals surface area contributed by atoms with Crippen molar-refractivity contribution in [1.82, 2.24) is 29.9 Å². The van der Waals surface area contributed by atoms with E-state index in [0.29, 0.717) is 0 Å². The first-order valence-electron chi connectivity index (χ1n) is 33.1. The van der Waals surface area contributed by atoms with Gasteiger partial charge in [-0.15, -0.1) is 0 Å². The van der Waals surface area contributed by atoms with Crippen LogP contribution < -0.4 is 5.46 Å². The molecule has 8 nitrogen and oxygen atoms in total. The fraction of sp³-hybridized carbons (Fsp3) is 0.0682. The Kier molecular flexibility index (Phi) is 15.2. The molecule has 0 saturated carbocycles. The van der Waals surface area contributed by atoms with Crippen LogP contribution in [0.2, 0.25) is 0 Å². The van der Waals surface area contributed by atoms with Crippen LogP contribution in [0.3, 0.4) is 0 Å². The molecule has 98 heavy (non-hydrogen) atoms. The second-order valence-electron chi connectivity index (χ2n) is 26.2. The number of pyridine rings is 6. The first-order valence-corrected chi connectivity index (χ1v) is 33.9. The number of halogens is 1. The molecule has 10 heteroatoms. The maximum Gasteiger partial charge on any atom is 0.494 e. The molecule has 19 rings (SSSR count). The van der Waals surface area contributed by atoms with Gasteiger partial charge in [-0.05, 0) is 179 Å². The fourth-order valence-corrected chi connectivity index (χ4v) is 13.7. The lowest BCUT2D eigenvalue weighted by Gasteiger charge is -2.32. The minimum absolute atomic E-state index is 0.342. The average molecular weight is 1330 g/mol. The molecule has 0 amide bonds. The quantitative estimate of drug-likeness (QED) is 0.120. The average Bonchev–Trinajstić information content (AvgIpc) is 1.26. The monoisotopic (exact) mass is 1320 g/mol. The molecule has 1 fully saturated rings. The van der Waals surface area contributed by atoms with Crippen molar-refractivity contribution in [3.05, 3.63) is 308 Å². The lowest BCUT2D eigenvalue weighted by Crippen LogP contribution is -2.41. The lowest BCUT2D eigenvalue weighted by molar-refractivity contribution is 0.00578. The number of aromatic nitrogens is 6. The Hall–Kier alpha value is -11.4. The maximum absolute atomic E-state index is 6.19. The van der Waals surface area contributed by atoms with Gasteiger partial charge in [-0.25, -0.2) is 29.9 Å². The minimum atomic E-state index is -0.357. The molecule has 0 N–H and O–H groups in total. The Bertz CT molecular complexity index is 6200. The van der Waals surface area contributed by atoms with E-state index in [4.69, 9.17) is 39.2 Å². The van der Waals surface area contributed by atoms with E-state index >= 15 is 0 Å². The highest BCUT2D eigenvalue weighted by Gasteiger charge is 2.51. The summed E-state index contributed by atoms with van der Waals surface area (Å²) in [6.07, 6.45) is 0. The molecule has 0 atom stereocenters. The molecule has 1 aliphatic rings. The Labute approximate surface area is 575 Å². The van der Waals surface area contributed by atoms with Gasteiger partial charge in [0, 0.05) is 53.3 Å². The summed E-state index contributed by atoms with van der Waals surface area (Å²) in [6, 6.07) is 106. The van der Waals surface area contributed by atoms with Crippen molar-refractivity contribution in [2.45, 2.75) is 38.9 Å². The van der Waals surface area contributed by atoms with Crippen LogP contribution in [0.5, 0.6) is 0 Å². The molecule has 12 aromatic carbocycles. The van der Waals surface area contributed by atoms with Crippen molar-refractivity contribution in [2.24, 2.45) is 0 Å². The van der Waals surface area contributed by atoms with Gasteiger partial charge in [0.05, 0.1) is 78.5 Å². The van der Waals surface area contributed by atoms with Gasteiger partial charge in [0.25, 0.3) is 0 Å². The van der Waals surface area contributed by atoms with E-state index in [0.717, 1.165) is 137 Å². The summed E-state index contributed by atoms with van der Waals surface area (Å²) in [5, 5.41) is 16.4. The third-order valence-corrected chi connectivity index (χ3v) is 19.9. The normalized spacial score (nSPS) is 13.4. The second-order valence-corrected chi connectivity index (χ2v) is 27.1. The molecule has 1 aliphatic heterocycles. The predicted octanol–water partition coefficient (Wildman–Crippen LogP) is 22.4. The number of rotatable bonds is 6. The first-order chi connectivity index (χ1) is 47.8. The van der Waals surface area contributed by atoms with Gasteiger partial charge >= 0.3 is 7.12 Å². The van der Waals surface area contributed by atoms with E-state index in [-0.39, 0.29) is 18.3 Å². The zero-order valence-corrected chi connectivity index (χ0v) is 55.9. The zero-order chi connectivity index (χ0) is 66.1. The SMILES string of the molecule is Brc1ccc2nc(-c3ccc4ccc5ccccc5c4n3)ccc2c1.CC1(C)OB(c2ccc3nc(-c4ccc5ccccc5c4)ccc3c2)OC1(C)C.c1ccc2cc(-c3ccc4cc(-c5ccc6nc(-c7ccc8ccc9ccccc9c8n7)ccc6c5)ccc4n3)ccc2c1. The van der Waals surface area contributed by atoms with Crippen LogP contribution in [0.15, 0.2) is 308 Å². The molecule has 18 aromatic rings. The van der Waals surface area contributed by atoms with Crippen LogP contribution in [-0.4, -0.2) is 48.2 Å². The van der Waals surface area contributed by atoms with Gasteiger partial charge < -0.3 is 9.31 Å². The molecule has 0 aliphatic carbocycles. The van der Waals surface area contributed by atoms with Crippen molar-refractivity contribution in [1.29, 1.82) is 0 Å². The van der Waals surface area contributed by atoms with Crippen LogP contribution in [0.25, 0.3) is 165 Å². The van der Waals surface area contributed by atoms with E-state index in [1.807, 2.05) is 24.3 Å². The van der Waals surface area contributed by atoms with Crippen LogP contribution in [0.1, 0.15) is 27.7 Å². The third kappa shape index (κ3) is 11.6. The van der Waals surface area contributed by atoms with E-state index < -0.39 is 0 Å². The van der Waals surface area contributed by atoms with Crippen molar-refractivity contribution in [2.75, 3.05) is 0 Å². The molecule has 1 saturated heterocycles. The third-order valence-electron chi connectivity index (χ3n) is 19.4. The zero-order valence-electron chi connectivity index (χ0n) is 54.3. The van der Waals surface area contributed by atoms with Gasteiger partial charge in [-0.1, -0.05) is 222 Å². The Morgan fingerprint density at radius 2 is 0.571 bits per heavy atom. The molecule has 0 radical (unpaired) electrons. The molecular formula is C88H62BBrN6O2. The predicted molar refractivity (Wildman–Crippen MR) is 412 cm³/mol. The highest BCUT2D eigenvalue weighted by atomic mass is 79.9. The summed E-state index contributed by atoms with van der Waals surface area (Å²) in [4.78, 5) is 29.7. The molecule has 0 spiro atoms. The molecule has 7 heterocycles. The van der Waals surface area contributed by atoms with E-state index in [2.05, 4.69) is 323 Å². The van der Waals surface area contributed by atoms with Gasteiger partial charge in [-0.3, -0.25) is 0 Å². The summed E-state index contributed by atoms with van der Waals surface area (Å²) in [5.74, 6) is 0. The molecular weight excluding hydrogens is 1260 g/mol. The maximum atomic E-state index is 6.19. The highest BCUT2D eigenvalue weighted by molar-refractivity contribution is 9.10. The van der Waals surface area contributed by atoms with Gasteiger partial charge in [0.15, 0.2) is 0 Å². The van der Waals surface area contributed by atoms with E-state index in [9.17, 15) is 0 Å². The van der Waals surface area contributed by atoms with Gasteiger partial charge in [-0.2, -0.15) is 0 Å². The molecule has 466 valence electrons. The summed E-state index contributed by atoms with van der Waals surface area (Å²) >= 11 is 3.51. The van der Waals surface area contributed by atoms with Gasteiger partial charge in [0.1, 0.15) is 0 Å². The van der Waals surface area contributed by atoms with Crippen molar-refractivity contribution in [3.8, 4) is 56.4 Å². The number of nitrogens with zero attached hydrogens (tertiary/aromatic N) is 6. The largest absolute Gasteiger partial charge is 0.494 e. The standard InChI is InChI=1S/C41H25N3.C25H24BNO2.C22H13BrN2/c1-2-7-29-23-32(12-9-26(29)5-1)37-20-16-33-24-30(14-18-36(33)42-37)31-15-19-38-34(25-31)17-22-39(43-38)40-21-13-28-11-10-27-6-3-4-8-35(27)41(28)44-40;1-24(2)25(3,4)29-26(28-24)21-12-14-23-20(16-21)11-13-22(27-23)19-10-9-17-7-5-6-8-18(17)15-19;23-17-9-12-19-16(13-17)8-11-20(24-19)21-10-7-15-6-5-14-3-1-2-4-18(14)22(15)25-21/h1-25H;5-16H,1-4H3;1-13H.